The highest BCUT2D eigenvalue weighted by Gasteiger charge is 2.07. The van der Waals surface area contributed by atoms with E-state index in [-0.39, 0.29) is 24.7 Å². The predicted octanol–water partition coefficient (Wildman–Crippen LogP) is 1.95. The van der Waals surface area contributed by atoms with Gasteiger partial charge in [-0.05, 0) is 25.1 Å². The molecule has 0 aliphatic heterocycles. The van der Waals surface area contributed by atoms with Crippen LogP contribution in [0.3, 0.4) is 0 Å². The van der Waals surface area contributed by atoms with Crippen molar-refractivity contribution in [1.82, 2.24) is 0 Å². The highest BCUT2D eigenvalue weighted by atomic mass is 16.5. The number of hydrogen-bond acceptors (Lipinski definition) is 3. The van der Waals surface area contributed by atoms with Crippen LogP contribution in [0.5, 0.6) is 0 Å². The van der Waals surface area contributed by atoms with Gasteiger partial charge < -0.3 is 10.1 Å². The predicted molar refractivity (Wildman–Crippen MR) is 68.9 cm³/mol. The molecule has 0 saturated heterocycles. The molecule has 0 aliphatic carbocycles. The number of amides is 1. The molecule has 0 saturated carbocycles. The third-order valence-electron chi connectivity index (χ3n) is 2.17. The number of esters is 1. The topological polar surface area (TPSA) is 55.4 Å². The Labute approximate surface area is 106 Å². The van der Waals surface area contributed by atoms with Crippen LogP contribution in [0.4, 0.5) is 5.69 Å². The largest absolute Gasteiger partial charge is 0.466 e. The Kier molecular flexibility index (Phi) is 5.46. The summed E-state index contributed by atoms with van der Waals surface area (Å²) in [5.74, 6) is 1.87. The maximum atomic E-state index is 11.6. The summed E-state index contributed by atoms with van der Waals surface area (Å²) in [4.78, 5) is 22.6. The number of ether oxygens (including phenoxy) is 1. The fourth-order valence-corrected chi connectivity index (χ4v) is 1.36. The number of carbonyl (C=O) groups excluding carboxylic acids is 2. The van der Waals surface area contributed by atoms with Crippen molar-refractivity contribution in [3.8, 4) is 12.3 Å². The number of benzene rings is 1. The third-order valence-corrected chi connectivity index (χ3v) is 2.17. The summed E-state index contributed by atoms with van der Waals surface area (Å²) in [5.41, 5.74) is 1.32. The van der Waals surface area contributed by atoms with Crippen LogP contribution >= 0.6 is 0 Å². The molecule has 1 amide bonds. The molecular weight excluding hydrogens is 230 g/mol. The van der Waals surface area contributed by atoms with Gasteiger partial charge in [0, 0.05) is 17.7 Å². The van der Waals surface area contributed by atoms with Crippen LogP contribution < -0.4 is 5.32 Å². The molecule has 0 atom stereocenters. The van der Waals surface area contributed by atoms with Crippen molar-refractivity contribution in [3.63, 3.8) is 0 Å². The number of terminal acetylenes is 1. The quantitative estimate of drug-likeness (QED) is 0.637. The van der Waals surface area contributed by atoms with E-state index in [1.54, 1.807) is 31.2 Å². The van der Waals surface area contributed by atoms with Crippen molar-refractivity contribution in [2.24, 2.45) is 0 Å². The van der Waals surface area contributed by atoms with E-state index in [1.807, 2.05) is 0 Å². The number of rotatable bonds is 5. The van der Waals surface area contributed by atoms with Gasteiger partial charge in [-0.25, -0.2) is 0 Å². The van der Waals surface area contributed by atoms with Crippen LogP contribution in [0.15, 0.2) is 24.3 Å². The first-order valence-corrected chi connectivity index (χ1v) is 5.68. The maximum absolute atomic E-state index is 11.6. The molecule has 1 aromatic rings. The van der Waals surface area contributed by atoms with Crippen LogP contribution in [0.25, 0.3) is 0 Å². The first-order valence-electron chi connectivity index (χ1n) is 5.68. The average molecular weight is 245 g/mol. The summed E-state index contributed by atoms with van der Waals surface area (Å²) in [6.45, 7) is 2.05. The van der Waals surface area contributed by atoms with Crippen LogP contribution in [-0.4, -0.2) is 18.5 Å². The van der Waals surface area contributed by atoms with Gasteiger partial charge in [-0.1, -0.05) is 12.0 Å². The van der Waals surface area contributed by atoms with Crippen molar-refractivity contribution in [1.29, 1.82) is 0 Å². The standard InChI is InChI=1S/C14H15NO3/c1-3-11-6-5-7-12(10-11)15-13(16)8-9-14(17)18-4-2/h1,5-7,10H,4,8-9H2,2H3,(H,15,16). The highest BCUT2D eigenvalue weighted by molar-refractivity contribution is 5.92. The molecule has 0 radical (unpaired) electrons. The minimum Gasteiger partial charge on any atom is -0.466 e. The van der Waals surface area contributed by atoms with Gasteiger partial charge in [-0.3, -0.25) is 9.59 Å². The molecule has 1 aromatic carbocycles. The molecule has 0 bridgehead atoms. The number of hydrogen-bond donors (Lipinski definition) is 1. The summed E-state index contributed by atoms with van der Waals surface area (Å²) in [6, 6.07) is 6.97. The second kappa shape index (κ2) is 7.13. The molecule has 0 spiro atoms. The third kappa shape index (κ3) is 4.71. The van der Waals surface area contributed by atoms with E-state index in [9.17, 15) is 9.59 Å². The van der Waals surface area contributed by atoms with Gasteiger partial charge in [-0.2, -0.15) is 0 Å². The lowest BCUT2D eigenvalue weighted by molar-refractivity contribution is -0.144. The second-order valence-electron chi connectivity index (χ2n) is 3.58. The van der Waals surface area contributed by atoms with Gasteiger partial charge in [-0.15, -0.1) is 6.42 Å². The monoisotopic (exact) mass is 245 g/mol. The van der Waals surface area contributed by atoms with Crippen molar-refractivity contribution < 1.29 is 14.3 Å². The molecule has 0 fully saturated rings. The average Bonchev–Trinajstić information content (AvgIpc) is 2.37. The molecule has 0 aromatic heterocycles. The van der Waals surface area contributed by atoms with Gasteiger partial charge in [0.25, 0.3) is 0 Å². The summed E-state index contributed by atoms with van der Waals surface area (Å²) >= 11 is 0. The van der Waals surface area contributed by atoms with Gasteiger partial charge in [0.15, 0.2) is 0 Å². The Morgan fingerprint density at radius 2 is 2.17 bits per heavy atom. The molecule has 1 rings (SSSR count). The van der Waals surface area contributed by atoms with E-state index >= 15 is 0 Å². The van der Waals surface area contributed by atoms with E-state index < -0.39 is 0 Å². The van der Waals surface area contributed by atoms with E-state index in [0.29, 0.717) is 17.9 Å². The maximum Gasteiger partial charge on any atom is 0.306 e. The Hall–Kier alpha value is -2.28. The lowest BCUT2D eigenvalue weighted by Crippen LogP contribution is -2.14. The summed E-state index contributed by atoms with van der Waals surface area (Å²) in [7, 11) is 0. The zero-order valence-electron chi connectivity index (χ0n) is 10.2. The first kappa shape index (κ1) is 13.8. The Morgan fingerprint density at radius 3 is 2.83 bits per heavy atom. The number of anilines is 1. The second-order valence-corrected chi connectivity index (χ2v) is 3.58. The van der Waals surface area contributed by atoms with Gasteiger partial charge in [0.1, 0.15) is 0 Å². The Bertz CT molecular complexity index is 474. The van der Waals surface area contributed by atoms with E-state index in [2.05, 4.69) is 11.2 Å². The van der Waals surface area contributed by atoms with E-state index in [4.69, 9.17) is 11.2 Å². The molecule has 4 heteroatoms. The fourth-order valence-electron chi connectivity index (χ4n) is 1.36. The molecule has 94 valence electrons. The lowest BCUT2D eigenvalue weighted by atomic mass is 10.2. The van der Waals surface area contributed by atoms with Crippen molar-refractivity contribution in [3.05, 3.63) is 29.8 Å². The van der Waals surface area contributed by atoms with Crippen LogP contribution in [0.1, 0.15) is 25.3 Å². The fraction of sp³-hybridized carbons (Fsp3) is 0.286. The number of nitrogens with one attached hydrogen (secondary N) is 1. The van der Waals surface area contributed by atoms with Gasteiger partial charge in [0.05, 0.1) is 13.0 Å². The Morgan fingerprint density at radius 1 is 1.39 bits per heavy atom. The zero-order chi connectivity index (χ0) is 13.4. The molecule has 1 N–H and O–H groups in total. The highest BCUT2D eigenvalue weighted by Crippen LogP contribution is 2.10. The number of carbonyl (C=O) groups is 2. The van der Waals surface area contributed by atoms with Crippen molar-refractivity contribution in [2.45, 2.75) is 19.8 Å². The van der Waals surface area contributed by atoms with Crippen LogP contribution in [0, 0.1) is 12.3 Å². The van der Waals surface area contributed by atoms with Crippen LogP contribution in [-0.2, 0) is 14.3 Å². The zero-order valence-corrected chi connectivity index (χ0v) is 10.2. The SMILES string of the molecule is C#Cc1cccc(NC(=O)CCC(=O)OCC)c1. The van der Waals surface area contributed by atoms with Crippen molar-refractivity contribution >= 4 is 17.6 Å². The first-order chi connectivity index (χ1) is 8.65. The molecule has 0 aliphatic rings. The molecular formula is C14H15NO3. The Balaban J connectivity index is 2.45. The van der Waals surface area contributed by atoms with Crippen LogP contribution in [0.2, 0.25) is 0 Å². The smallest absolute Gasteiger partial charge is 0.306 e. The van der Waals surface area contributed by atoms with Gasteiger partial charge in [0.2, 0.25) is 5.91 Å². The minimum atomic E-state index is -0.370. The summed E-state index contributed by atoms with van der Waals surface area (Å²) in [5, 5.41) is 2.67. The lowest BCUT2D eigenvalue weighted by Gasteiger charge is -2.05. The van der Waals surface area contributed by atoms with E-state index in [1.165, 1.54) is 0 Å². The molecule has 0 unspecified atom stereocenters. The van der Waals surface area contributed by atoms with E-state index in [0.717, 1.165) is 0 Å². The molecule has 0 heterocycles. The molecule has 18 heavy (non-hydrogen) atoms. The summed E-state index contributed by atoms with van der Waals surface area (Å²) < 4.78 is 4.73. The minimum absolute atomic E-state index is 0.0779. The normalized spacial score (nSPS) is 9.33. The molecule has 4 nitrogen and oxygen atoms in total. The van der Waals surface area contributed by atoms with Crippen molar-refractivity contribution in [2.75, 3.05) is 11.9 Å². The van der Waals surface area contributed by atoms with Gasteiger partial charge >= 0.3 is 5.97 Å². The summed E-state index contributed by atoms with van der Waals surface area (Å²) in [6.07, 6.45) is 5.43.